The van der Waals surface area contributed by atoms with Gasteiger partial charge in [0.2, 0.25) is 5.91 Å². The molecule has 1 aliphatic heterocycles. The molecule has 1 fully saturated rings. The normalized spacial score (nSPS) is 20.6. The number of carbonyl (C=O) groups excluding carboxylic acids is 1. The van der Waals surface area contributed by atoms with Crippen LogP contribution in [-0.2, 0) is 14.6 Å². The number of hydrogen-bond donors (Lipinski definition) is 1. The molecule has 1 aliphatic rings. The molecule has 0 bridgehead atoms. The molecule has 146 valence electrons. The molecular weight excluding hydrogens is 368 g/mol. The van der Waals surface area contributed by atoms with E-state index in [9.17, 15) is 13.2 Å². The molecule has 0 spiro atoms. The van der Waals surface area contributed by atoms with Crippen molar-refractivity contribution >= 4 is 27.5 Å². The van der Waals surface area contributed by atoms with Crippen molar-refractivity contribution < 1.29 is 13.2 Å². The van der Waals surface area contributed by atoms with Crippen LogP contribution in [0.3, 0.4) is 0 Å². The first-order chi connectivity index (χ1) is 12.3. The second kappa shape index (κ2) is 9.24. The van der Waals surface area contributed by atoms with Gasteiger partial charge in [0, 0.05) is 23.5 Å². The van der Waals surface area contributed by atoms with E-state index >= 15 is 0 Å². The molecule has 1 amide bonds. The van der Waals surface area contributed by atoms with E-state index in [0.29, 0.717) is 16.2 Å². The van der Waals surface area contributed by atoms with E-state index in [1.165, 1.54) is 11.8 Å². The highest BCUT2D eigenvalue weighted by Gasteiger charge is 2.32. The van der Waals surface area contributed by atoms with Crippen molar-refractivity contribution in [2.75, 3.05) is 12.3 Å². The maximum atomic E-state index is 13.0. The van der Waals surface area contributed by atoms with Gasteiger partial charge in [-0.1, -0.05) is 19.1 Å². The second-order valence-electron chi connectivity index (χ2n) is 6.98. The molecule has 0 radical (unpaired) electrons. The average Bonchev–Trinajstić information content (AvgIpc) is 2.61. The number of sulfone groups is 1. The van der Waals surface area contributed by atoms with Crippen LogP contribution in [-0.4, -0.2) is 48.9 Å². The molecule has 1 aromatic carbocycles. The predicted octanol–water partition coefficient (Wildman–Crippen LogP) is 3.08. The molecule has 1 heterocycles. The highest BCUT2D eigenvalue weighted by atomic mass is 32.2. The summed E-state index contributed by atoms with van der Waals surface area (Å²) in [5, 5.41) is -0.354. The summed E-state index contributed by atoms with van der Waals surface area (Å²) >= 11 is 1.33. The van der Waals surface area contributed by atoms with E-state index in [1.54, 1.807) is 18.2 Å². The highest BCUT2D eigenvalue weighted by Crippen LogP contribution is 2.32. The third-order valence-electron chi connectivity index (χ3n) is 4.75. The van der Waals surface area contributed by atoms with Gasteiger partial charge >= 0.3 is 0 Å². The Labute approximate surface area is 161 Å². The minimum atomic E-state index is -3.33. The monoisotopic (exact) mass is 398 g/mol. The van der Waals surface area contributed by atoms with Crippen molar-refractivity contribution in [2.24, 2.45) is 5.73 Å². The summed E-state index contributed by atoms with van der Waals surface area (Å²) < 4.78 is 25.0. The highest BCUT2D eigenvalue weighted by molar-refractivity contribution is 8.01. The zero-order chi connectivity index (χ0) is 19.3. The Balaban J connectivity index is 2.19. The number of likely N-dealkylation sites (tertiary alicyclic amines) is 1. The van der Waals surface area contributed by atoms with Crippen LogP contribution in [0, 0.1) is 0 Å². The summed E-state index contributed by atoms with van der Waals surface area (Å²) in [6, 6.07) is 6.98. The summed E-state index contributed by atoms with van der Waals surface area (Å²) in [5.74, 6) is 0.158. The molecule has 5 nitrogen and oxygen atoms in total. The number of amides is 1. The molecule has 0 saturated carbocycles. The maximum absolute atomic E-state index is 13.0. The lowest BCUT2D eigenvalue weighted by Gasteiger charge is -2.39. The SMILES string of the molecule is CCCS(=O)(=O)c1ccccc1SC(C)C(=O)N1CCCCC1C(C)N. The van der Waals surface area contributed by atoms with Crippen molar-refractivity contribution in [1.82, 2.24) is 4.90 Å². The van der Waals surface area contributed by atoms with Gasteiger partial charge in [-0.2, -0.15) is 0 Å². The van der Waals surface area contributed by atoms with Crippen LogP contribution in [0.25, 0.3) is 0 Å². The minimum absolute atomic E-state index is 0.0414. The predicted molar refractivity (Wildman–Crippen MR) is 107 cm³/mol. The first-order valence-electron chi connectivity index (χ1n) is 9.32. The van der Waals surface area contributed by atoms with Gasteiger partial charge in [-0.25, -0.2) is 8.42 Å². The number of nitrogens with two attached hydrogens (primary N) is 1. The first-order valence-corrected chi connectivity index (χ1v) is 11.9. The van der Waals surface area contributed by atoms with Gasteiger partial charge in [-0.05, 0) is 51.7 Å². The van der Waals surface area contributed by atoms with Crippen molar-refractivity contribution in [3.05, 3.63) is 24.3 Å². The fourth-order valence-corrected chi connectivity index (χ4v) is 6.34. The van der Waals surface area contributed by atoms with Crippen LogP contribution in [0.1, 0.15) is 46.5 Å². The van der Waals surface area contributed by atoms with Crippen molar-refractivity contribution in [3.63, 3.8) is 0 Å². The number of piperidine rings is 1. The maximum Gasteiger partial charge on any atom is 0.236 e. The van der Waals surface area contributed by atoms with Gasteiger partial charge in [0.15, 0.2) is 9.84 Å². The van der Waals surface area contributed by atoms with Gasteiger partial charge < -0.3 is 10.6 Å². The van der Waals surface area contributed by atoms with E-state index in [2.05, 4.69) is 0 Å². The van der Waals surface area contributed by atoms with E-state index in [1.807, 2.05) is 31.7 Å². The van der Waals surface area contributed by atoms with Crippen LogP contribution in [0.15, 0.2) is 34.1 Å². The van der Waals surface area contributed by atoms with Gasteiger partial charge in [0.25, 0.3) is 0 Å². The van der Waals surface area contributed by atoms with Crippen LogP contribution >= 0.6 is 11.8 Å². The van der Waals surface area contributed by atoms with Gasteiger partial charge in [-0.3, -0.25) is 4.79 Å². The molecule has 3 unspecified atom stereocenters. The molecule has 26 heavy (non-hydrogen) atoms. The lowest BCUT2D eigenvalue weighted by molar-refractivity contribution is -0.134. The summed E-state index contributed by atoms with van der Waals surface area (Å²) in [7, 11) is -3.33. The Hall–Kier alpha value is -1.05. The summed E-state index contributed by atoms with van der Waals surface area (Å²) in [6.45, 7) is 6.37. The van der Waals surface area contributed by atoms with Crippen molar-refractivity contribution in [3.8, 4) is 0 Å². The zero-order valence-corrected chi connectivity index (χ0v) is 17.5. The number of carbonyl (C=O) groups is 1. The third-order valence-corrected chi connectivity index (χ3v) is 8.01. The van der Waals surface area contributed by atoms with Gasteiger partial charge in [0.05, 0.1) is 15.9 Å². The standard InChI is InChI=1S/C19H30N2O3S2/c1-4-13-26(23,24)18-11-6-5-10-17(18)25-15(3)19(22)21-12-8-7-9-16(21)14(2)20/h5-6,10-11,14-16H,4,7-9,12-13,20H2,1-3H3. The fourth-order valence-electron chi connectivity index (χ4n) is 3.44. The number of rotatable bonds is 7. The molecule has 3 atom stereocenters. The minimum Gasteiger partial charge on any atom is -0.337 e. The average molecular weight is 399 g/mol. The van der Waals surface area contributed by atoms with E-state index < -0.39 is 9.84 Å². The quantitative estimate of drug-likeness (QED) is 0.714. The number of hydrogen-bond acceptors (Lipinski definition) is 5. The van der Waals surface area contributed by atoms with Crippen molar-refractivity contribution in [2.45, 2.75) is 73.6 Å². The Morgan fingerprint density at radius 3 is 2.65 bits per heavy atom. The second-order valence-corrected chi connectivity index (χ2v) is 10.4. The van der Waals surface area contributed by atoms with Gasteiger partial charge in [0.1, 0.15) is 0 Å². The smallest absolute Gasteiger partial charge is 0.236 e. The first kappa shape index (κ1) is 21.3. The number of thioether (sulfide) groups is 1. The van der Waals surface area contributed by atoms with Crippen LogP contribution in [0.5, 0.6) is 0 Å². The fraction of sp³-hybridized carbons (Fsp3) is 0.632. The Morgan fingerprint density at radius 2 is 2.00 bits per heavy atom. The van der Waals surface area contributed by atoms with Crippen LogP contribution in [0.2, 0.25) is 0 Å². The molecule has 2 rings (SSSR count). The van der Waals surface area contributed by atoms with Gasteiger partial charge in [-0.15, -0.1) is 11.8 Å². The third kappa shape index (κ3) is 5.02. The lowest BCUT2D eigenvalue weighted by Crippen LogP contribution is -2.53. The zero-order valence-electron chi connectivity index (χ0n) is 15.8. The van der Waals surface area contributed by atoms with E-state index in [0.717, 1.165) is 25.8 Å². The van der Waals surface area contributed by atoms with E-state index in [-0.39, 0.29) is 29.0 Å². The summed E-state index contributed by atoms with van der Waals surface area (Å²) in [5.41, 5.74) is 6.08. The Morgan fingerprint density at radius 1 is 1.31 bits per heavy atom. The number of nitrogens with zero attached hydrogens (tertiary/aromatic N) is 1. The van der Waals surface area contributed by atoms with E-state index in [4.69, 9.17) is 5.73 Å². The summed E-state index contributed by atoms with van der Waals surface area (Å²) in [6.07, 6.45) is 3.59. The largest absolute Gasteiger partial charge is 0.337 e. The van der Waals surface area contributed by atoms with Crippen LogP contribution < -0.4 is 5.73 Å². The van der Waals surface area contributed by atoms with Crippen molar-refractivity contribution in [1.29, 1.82) is 0 Å². The molecule has 2 N–H and O–H groups in total. The topological polar surface area (TPSA) is 80.5 Å². The molecule has 1 saturated heterocycles. The molecule has 0 aromatic heterocycles. The molecule has 0 aliphatic carbocycles. The molecule has 1 aromatic rings. The Kier molecular flexibility index (Phi) is 7.55. The molecular formula is C19H30N2O3S2. The molecule has 7 heteroatoms. The van der Waals surface area contributed by atoms with Crippen LogP contribution in [0.4, 0.5) is 0 Å². The summed E-state index contributed by atoms with van der Waals surface area (Å²) in [4.78, 5) is 15.9. The Bertz CT molecular complexity index is 719. The number of benzene rings is 1. The lowest BCUT2D eigenvalue weighted by atomic mass is 9.96.